The Morgan fingerprint density at radius 2 is 2.00 bits per heavy atom. The molecule has 4 heteroatoms. The van der Waals surface area contributed by atoms with E-state index in [2.05, 4.69) is 25.2 Å². The molecule has 25 heavy (non-hydrogen) atoms. The minimum atomic E-state index is 0.121. The van der Waals surface area contributed by atoms with Crippen LogP contribution in [0.25, 0.3) is 0 Å². The molecule has 0 spiro atoms. The Balaban J connectivity index is 1.66. The standard InChI is InChI=1S/C21H30N2O2/c1-15(2)11-12-23-19-9-8-18(14-17(19)7-10-21(23)25)22-20(24)13-16-5-3-4-6-16/h8-9,14-16H,3-7,10-13H2,1-2H3,(H,22,24). The minimum Gasteiger partial charge on any atom is -0.326 e. The van der Waals surface area contributed by atoms with Crippen LogP contribution in [-0.4, -0.2) is 18.4 Å². The van der Waals surface area contributed by atoms with Gasteiger partial charge in [0.1, 0.15) is 0 Å². The molecule has 1 fully saturated rings. The zero-order chi connectivity index (χ0) is 17.8. The van der Waals surface area contributed by atoms with Gasteiger partial charge in [0, 0.05) is 30.8 Å². The molecule has 1 aliphatic heterocycles. The predicted octanol–water partition coefficient (Wildman–Crippen LogP) is 4.53. The second kappa shape index (κ2) is 8.03. The Hall–Kier alpha value is -1.84. The van der Waals surface area contributed by atoms with E-state index in [1.807, 2.05) is 17.0 Å². The maximum atomic E-state index is 12.3. The molecule has 0 saturated heterocycles. The maximum absolute atomic E-state index is 12.3. The van der Waals surface area contributed by atoms with Crippen molar-refractivity contribution in [2.24, 2.45) is 11.8 Å². The van der Waals surface area contributed by atoms with Crippen molar-refractivity contribution >= 4 is 23.2 Å². The summed E-state index contributed by atoms with van der Waals surface area (Å²) in [6, 6.07) is 5.99. The van der Waals surface area contributed by atoms with Crippen LogP contribution >= 0.6 is 0 Å². The van der Waals surface area contributed by atoms with Crippen LogP contribution in [0, 0.1) is 11.8 Å². The zero-order valence-electron chi connectivity index (χ0n) is 15.5. The van der Waals surface area contributed by atoms with Gasteiger partial charge in [-0.25, -0.2) is 0 Å². The lowest BCUT2D eigenvalue weighted by Crippen LogP contribution is -2.36. The van der Waals surface area contributed by atoms with Crippen molar-refractivity contribution < 1.29 is 9.59 Å². The van der Waals surface area contributed by atoms with Crippen molar-refractivity contribution in [2.45, 2.75) is 65.2 Å². The van der Waals surface area contributed by atoms with Gasteiger partial charge in [-0.1, -0.05) is 26.7 Å². The molecule has 1 N–H and O–H groups in total. The van der Waals surface area contributed by atoms with Gasteiger partial charge in [-0.2, -0.15) is 0 Å². The highest BCUT2D eigenvalue weighted by molar-refractivity contribution is 5.97. The Morgan fingerprint density at radius 1 is 1.24 bits per heavy atom. The maximum Gasteiger partial charge on any atom is 0.227 e. The average Bonchev–Trinajstić information content (AvgIpc) is 3.06. The molecule has 0 atom stereocenters. The number of anilines is 2. The molecule has 136 valence electrons. The SMILES string of the molecule is CC(C)CCN1C(=O)CCc2cc(NC(=O)CC3CCCC3)ccc21. The summed E-state index contributed by atoms with van der Waals surface area (Å²) in [4.78, 5) is 26.5. The Kier molecular flexibility index (Phi) is 5.77. The van der Waals surface area contributed by atoms with Gasteiger partial charge in [-0.05, 0) is 61.3 Å². The van der Waals surface area contributed by atoms with E-state index < -0.39 is 0 Å². The Bertz CT molecular complexity index is 633. The van der Waals surface area contributed by atoms with Gasteiger partial charge in [0.25, 0.3) is 0 Å². The molecule has 1 aliphatic carbocycles. The van der Waals surface area contributed by atoms with Crippen molar-refractivity contribution in [2.75, 3.05) is 16.8 Å². The first-order chi connectivity index (χ1) is 12.0. The molecule has 2 amide bonds. The van der Waals surface area contributed by atoms with Crippen LogP contribution in [0.15, 0.2) is 18.2 Å². The lowest BCUT2D eigenvalue weighted by atomic mass is 9.99. The summed E-state index contributed by atoms with van der Waals surface area (Å²) in [5.41, 5.74) is 3.05. The van der Waals surface area contributed by atoms with E-state index in [0.717, 1.165) is 30.8 Å². The van der Waals surface area contributed by atoms with Crippen molar-refractivity contribution in [3.8, 4) is 0 Å². The molecule has 1 heterocycles. The summed E-state index contributed by atoms with van der Waals surface area (Å²) in [5.74, 6) is 1.47. The molecular weight excluding hydrogens is 312 g/mol. The number of hydrogen-bond donors (Lipinski definition) is 1. The van der Waals surface area contributed by atoms with E-state index >= 15 is 0 Å². The monoisotopic (exact) mass is 342 g/mol. The topological polar surface area (TPSA) is 49.4 Å². The number of carbonyl (C=O) groups is 2. The van der Waals surface area contributed by atoms with Gasteiger partial charge in [0.15, 0.2) is 0 Å². The number of hydrogen-bond acceptors (Lipinski definition) is 2. The fraction of sp³-hybridized carbons (Fsp3) is 0.619. The fourth-order valence-corrected chi connectivity index (χ4v) is 3.96. The molecule has 1 aromatic carbocycles. The van der Waals surface area contributed by atoms with Crippen molar-refractivity contribution in [1.29, 1.82) is 0 Å². The molecule has 0 radical (unpaired) electrons. The van der Waals surface area contributed by atoms with E-state index in [1.54, 1.807) is 0 Å². The molecule has 0 aromatic heterocycles. The normalized spacial score (nSPS) is 17.9. The first-order valence-corrected chi connectivity index (χ1v) is 9.76. The fourth-order valence-electron chi connectivity index (χ4n) is 3.96. The predicted molar refractivity (Wildman–Crippen MR) is 102 cm³/mol. The molecular formula is C21H30N2O2. The third kappa shape index (κ3) is 4.62. The van der Waals surface area contributed by atoms with Gasteiger partial charge in [-0.3, -0.25) is 9.59 Å². The van der Waals surface area contributed by atoms with Gasteiger partial charge >= 0.3 is 0 Å². The molecule has 1 saturated carbocycles. The summed E-state index contributed by atoms with van der Waals surface area (Å²) in [6.07, 6.45) is 7.85. The van der Waals surface area contributed by atoms with Crippen LogP contribution in [0.4, 0.5) is 11.4 Å². The largest absolute Gasteiger partial charge is 0.326 e. The molecule has 0 bridgehead atoms. The summed E-state index contributed by atoms with van der Waals surface area (Å²) in [7, 11) is 0. The first-order valence-electron chi connectivity index (χ1n) is 9.76. The average molecular weight is 342 g/mol. The Labute approximate surface area is 151 Å². The lowest BCUT2D eigenvalue weighted by Gasteiger charge is -2.30. The smallest absolute Gasteiger partial charge is 0.227 e. The van der Waals surface area contributed by atoms with Gasteiger partial charge < -0.3 is 10.2 Å². The number of amides is 2. The molecule has 3 rings (SSSR count). The number of carbonyl (C=O) groups excluding carboxylic acids is 2. The van der Waals surface area contributed by atoms with Crippen LogP contribution < -0.4 is 10.2 Å². The van der Waals surface area contributed by atoms with Gasteiger partial charge in [0.2, 0.25) is 11.8 Å². The molecule has 2 aliphatic rings. The Morgan fingerprint density at radius 3 is 2.72 bits per heavy atom. The van der Waals surface area contributed by atoms with Crippen molar-refractivity contribution in [3.63, 3.8) is 0 Å². The summed E-state index contributed by atoms with van der Waals surface area (Å²) < 4.78 is 0. The second-order valence-electron chi connectivity index (χ2n) is 7.97. The minimum absolute atomic E-state index is 0.121. The second-order valence-corrected chi connectivity index (χ2v) is 7.97. The van der Waals surface area contributed by atoms with Gasteiger partial charge in [-0.15, -0.1) is 0 Å². The van der Waals surface area contributed by atoms with Crippen LogP contribution in [-0.2, 0) is 16.0 Å². The number of benzene rings is 1. The highest BCUT2D eigenvalue weighted by Crippen LogP contribution is 2.32. The quantitative estimate of drug-likeness (QED) is 0.825. The molecule has 4 nitrogen and oxygen atoms in total. The number of fused-ring (bicyclic) bond motifs is 1. The van der Waals surface area contributed by atoms with Crippen LogP contribution in [0.1, 0.15) is 64.4 Å². The summed E-state index contributed by atoms with van der Waals surface area (Å²) in [5, 5.41) is 3.05. The van der Waals surface area contributed by atoms with E-state index in [1.165, 1.54) is 31.2 Å². The molecule has 0 unspecified atom stereocenters. The number of aryl methyl sites for hydroxylation is 1. The number of nitrogens with one attached hydrogen (secondary N) is 1. The number of nitrogens with zero attached hydrogens (tertiary/aromatic N) is 1. The first kappa shape index (κ1) is 18.0. The third-order valence-electron chi connectivity index (χ3n) is 5.44. The lowest BCUT2D eigenvalue weighted by molar-refractivity contribution is -0.119. The van der Waals surface area contributed by atoms with E-state index in [-0.39, 0.29) is 11.8 Å². The highest BCUT2D eigenvalue weighted by atomic mass is 16.2. The molecule has 1 aromatic rings. The van der Waals surface area contributed by atoms with Gasteiger partial charge in [0.05, 0.1) is 0 Å². The van der Waals surface area contributed by atoms with Crippen LogP contribution in [0.5, 0.6) is 0 Å². The highest BCUT2D eigenvalue weighted by Gasteiger charge is 2.24. The van der Waals surface area contributed by atoms with Crippen LogP contribution in [0.2, 0.25) is 0 Å². The summed E-state index contributed by atoms with van der Waals surface area (Å²) >= 11 is 0. The zero-order valence-corrected chi connectivity index (χ0v) is 15.5. The van der Waals surface area contributed by atoms with E-state index in [0.29, 0.717) is 24.7 Å². The summed E-state index contributed by atoms with van der Waals surface area (Å²) in [6.45, 7) is 5.13. The van der Waals surface area contributed by atoms with Crippen molar-refractivity contribution in [3.05, 3.63) is 23.8 Å². The third-order valence-corrected chi connectivity index (χ3v) is 5.44. The van der Waals surface area contributed by atoms with E-state index in [9.17, 15) is 9.59 Å². The van der Waals surface area contributed by atoms with Crippen molar-refractivity contribution in [1.82, 2.24) is 0 Å². The van der Waals surface area contributed by atoms with E-state index in [4.69, 9.17) is 0 Å². The number of rotatable bonds is 6. The van der Waals surface area contributed by atoms with Crippen LogP contribution in [0.3, 0.4) is 0 Å².